The summed E-state index contributed by atoms with van der Waals surface area (Å²) in [6.45, 7) is 0.685. The summed E-state index contributed by atoms with van der Waals surface area (Å²) >= 11 is 6.10. The van der Waals surface area contributed by atoms with E-state index in [-0.39, 0.29) is 11.9 Å². The van der Waals surface area contributed by atoms with Crippen molar-refractivity contribution >= 4 is 34.2 Å². The number of rotatable bonds is 3. The molecule has 0 saturated carbocycles. The average molecular weight is 328 g/mol. The minimum Gasteiger partial charge on any atom is -0.358 e. The van der Waals surface area contributed by atoms with Crippen LogP contribution in [-0.2, 0) is 4.79 Å². The largest absolute Gasteiger partial charge is 0.358 e. The number of halogens is 1. The van der Waals surface area contributed by atoms with Gasteiger partial charge in [-0.05, 0) is 24.6 Å². The van der Waals surface area contributed by atoms with E-state index in [1.807, 2.05) is 35.0 Å². The monoisotopic (exact) mass is 327 g/mol. The summed E-state index contributed by atoms with van der Waals surface area (Å²) in [5, 5.41) is 7.61. The number of anilines is 1. The van der Waals surface area contributed by atoms with Crippen molar-refractivity contribution in [2.45, 2.75) is 12.5 Å². The van der Waals surface area contributed by atoms with Gasteiger partial charge >= 0.3 is 0 Å². The van der Waals surface area contributed by atoms with Crippen molar-refractivity contribution in [3.8, 4) is 5.69 Å². The summed E-state index contributed by atoms with van der Waals surface area (Å²) in [4.78, 5) is 20.5. The highest BCUT2D eigenvalue weighted by atomic mass is 35.5. The molecule has 1 aliphatic heterocycles. The molecular formula is C16H14ClN5O. The number of nitrogens with one attached hydrogen (secondary N) is 2. The molecule has 1 saturated heterocycles. The number of benzene rings is 1. The van der Waals surface area contributed by atoms with Crippen molar-refractivity contribution < 1.29 is 4.79 Å². The molecule has 0 spiro atoms. The number of amides is 1. The molecule has 1 aromatic carbocycles. The lowest BCUT2D eigenvalue weighted by molar-refractivity contribution is -0.119. The van der Waals surface area contributed by atoms with E-state index >= 15 is 0 Å². The third-order valence-corrected chi connectivity index (χ3v) is 4.14. The second kappa shape index (κ2) is 5.55. The highest BCUT2D eigenvalue weighted by Gasteiger charge is 2.24. The minimum absolute atomic E-state index is 0.00201. The molecule has 1 fully saturated rings. The predicted molar refractivity (Wildman–Crippen MR) is 88.9 cm³/mol. The first kappa shape index (κ1) is 14.0. The summed E-state index contributed by atoms with van der Waals surface area (Å²) < 4.78 is 1.91. The van der Waals surface area contributed by atoms with Crippen LogP contribution in [0.1, 0.15) is 6.42 Å². The van der Waals surface area contributed by atoms with E-state index in [0.29, 0.717) is 17.4 Å². The number of aromatic nitrogens is 3. The van der Waals surface area contributed by atoms with Gasteiger partial charge in [-0.3, -0.25) is 4.79 Å². The van der Waals surface area contributed by atoms with Crippen LogP contribution >= 0.6 is 11.6 Å². The van der Waals surface area contributed by atoms with Gasteiger partial charge in [0, 0.05) is 35.4 Å². The van der Waals surface area contributed by atoms with E-state index in [4.69, 9.17) is 11.6 Å². The van der Waals surface area contributed by atoms with Crippen LogP contribution in [0.25, 0.3) is 16.6 Å². The van der Waals surface area contributed by atoms with Crippen molar-refractivity contribution in [2.24, 2.45) is 0 Å². The Morgan fingerprint density at radius 2 is 2.26 bits per heavy atom. The SMILES string of the molecule is O=C1NCCC1Nc1cc(-n2ccnc2)c2ccc(Cl)cc2n1. The third-order valence-electron chi connectivity index (χ3n) is 3.90. The minimum atomic E-state index is -0.255. The van der Waals surface area contributed by atoms with Gasteiger partial charge in [0.15, 0.2) is 0 Å². The number of pyridine rings is 1. The topological polar surface area (TPSA) is 71.8 Å². The zero-order valence-electron chi connectivity index (χ0n) is 12.2. The van der Waals surface area contributed by atoms with Crippen molar-refractivity contribution in [1.82, 2.24) is 19.9 Å². The Hall–Kier alpha value is -2.60. The zero-order chi connectivity index (χ0) is 15.8. The molecule has 3 heterocycles. The molecule has 0 radical (unpaired) electrons. The maximum absolute atomic E-state index is 11.8. The van der Waals surface area contributed by atoms with Crippen molar-refractivity contribution in [3.63, 3.8) is 0 Å². The number of hydrogen-bond acceptors (Lipinski definition) is 4. The van der Waals surface area contributed by atoms with E-state index < -0.39 is 0 Å². The third kappa shape index (κ3) is 2.61. The van der Waals surface area contributed by atoms with E-state index in [2.05, 4.69) is 20.6 Å². The van der Waals surface area contributed by atoms with Crippen LogP contribution in [0, 0.1) is 0 Å². The molecule has 7 heteroatoms. The second-order valence-electron chi connectivity index (χ2n) is 5.43. The molecule has 6 nitrogen and oxygen atoms in total. The number of nitrogens with zero attached hydrogens (tertiary/aromatic N) is 3. The Morgan fingerprint density at radius 1 is 1.35 bits per heavy atom. The molecule has 2 N–H and O–H groups in total. The lowest BCUT2D eigenvalue weighted by Gasteiger charge is -2.14. The fraction of sp³-hybridized carbons (Fsp3) is 0.188. The van der Waals surface area contributed by atoms with Crippen LogP contribution in [0.4, 0.5) is 5.82 Å². The Bertz CT molecular complexity index is 878. The molecule has 3 aromatic rings. The summed E-state index contributed by atoms with van der Waals surface area (Å²) in [5.41, 5.74) is 1.70. The summed E-state index contributed by atoms with van der Waals surface area (Å²) in [7, 11) is 0. The van der Waals surface area contributed by atoms with Gasteiger partial charge in [0.25, 0.3) is 0 Å². The number of imidazole rings is 1. The Kier molecular flexibility index (Phi) is 3.38. The van der Waals surface area contributed by atoms with Crippen LogP contribution in [0.5, 0.6) is 0 Å². The van der Waals surface area contributed by atoms with E-state index in [0.717, 1.165) is 23.0 Å². The fourth-order valence-electron chi connectivity index (χ4n) is 2.78. The average Bonchev–Trinajstić information content (AvgIpc) is 3.19. The van der Waals surface area contributed by atoms with Crippen molar-refractivity contribution in [1.29, 1.82) is 0 Å². The van der Waals surface area contributed by atoms with Crippen LogP contribution in [0.3, 0.4) is 0 Å². The first-order valence-electron chi connectivity index (χ1n) is 7.33. The summed E-state index contributed by atoms with van der Waals surface area (Å²) in [5.74, 6) is 0.646. The van der Waals surface area contributed by atoms with Gasteiger partial charge in [0.05, 0.1) is 17.5 Å². The quantitative estimate of drug-likeness (QED) is 0.774. The molecule has 1 amide bonds. The lowest BCUT2D eigenvalue weighted by atomic mass is 10.1. The van der Waals surface area contributed by atoms with Gasteiger partial charge in [-0.15, -0.1) is 0 Å². The van der Waals surface area contributed by atoms with Crippen LogP contribution in [0.2, 0.25) is 5.02 Å². The fourth-order valence-corrected chi connectivity index (χ4v) is 2.95. The van der Waals surface area contributed by atoms with Crippen molar-refractivity contribution in [3.05, 3.63) is 48.0 Å². The molecular weight excluding hydrogens is 314 g/mol. The second-order valence-corrected chi connectivity index (χ2v) is 5.87. The van der Waals surface area contributed by atoms with Gasteiger partial charge < -0.3 is 15.2 Å². The van der Waals surface area contributed by atoms with Crippen LogP contribution in [0.15, 0.2) is 43.0 Å². The first-order chi connectivity index (χ1) is 11.2. The molecule has 1 aliphatic rings. The van der Waals surface area contributed by atoms with E-state index in [1.54, 1.807) is 12.5 Å². The molecule has 0 bridgehead atoms. The lowest BCUT2D eigenvalue weighted by Crippen LogP contribution is -2.29. The molecule has 116 valence electrons. The predicted octanol–water partition coefficient (Wildman–Crippen LogP) is 2.37. The van der Waals surface area contributed by atoms with Gasteiger partial charge in [-0.1, -0.05) is 11.6 Å². The Morgan fingerprint density at radius 3 is 3.00 bits per heavy atom. The molecule has 1 unspecified atom stereocenters. The van der Waals surface area contributed by atoms with Gasteiger partial charge in [-0.2, -0.15) is 0 Å². The maximum atomic E-state index is 11.8. The zero-order valence-corrected chi connectivity index (χ0v) is 12.9. The summed E-state index contributed by atoms with van der Waals surface area (Å²) in [6, 6.07) is 7.26. The maximum Gasteiger partial charge on any atom is 0.242 e. The number of hydrogen-bond donors (Lipinski definition) is 2. The van der Waals surface area contributed by atoms with Crippen LogP contribution < -0.4 is 10.6 Å². The first-order valence-corrected chi connectivity index (χ1v) is 7.71. The number of fused-ring (bicyclic) bond motifs is 1. The normalized spacial score (nSPS) is 17.4. The Balaban J connectivity index is 1.83. The van der Waals surface area contributed by atoms with Crippen molar-refractivity contribution in [2.75, 3.05) is 11.9 Å². The molecule has 0 aliphatic carbocycles. The standard InChI is InChI=1S/C16H14ClN5O/c17-10-1-2-11-13(7-10)21-15(20-12-3-4-19-16(12)23)8-14(11)22-6-5-18-9-22/h1-2,5-9,12H,3-4H2,(H,19,23)(H,20,21). The highest BCUT2D eigenvalue weighted by Crippen LogP contribution is 2.27. The van der Waals surface area contributed by atoms with E-state index in [1.165, 1.54) is 0 Å². The molecule has 23 heavy (non-hydrogen) atoms. The van der Waals surface area contributed by atoms with Gasteiger partial charge in [-0.25, -0.2) is 9.97 Å². The number of carbonyl (C=O) groups is 1. The molecule has 2 aromatic heterocycles. The summed E-state index contributed by atoms with van der Waals surface area (Å²) in [6.07, 6.45) is 6.07. The smallest absolute Gasteiger partial charge is 0.242 e. The molecule has 4 rings (SSSR count). The van der Waals surface area contributed by atoms with Gasteiger partial charge in [0.1, 0.15) is 11.9 Å². The Labute approximate surface area is 137 Å². The highest BCUT2D eigenvalue weighted by molar-refractivity contribution is 6.31. The van der Waals surface area contributed by atoms with Gasteiger partial charge in [0.2, 0.25) is 5.91 Å². The van der Waals surface area contributed by atoms with Crippen LogP contribution in [-0.4, -0.2) is 33.0 Å². The molecule has 1 atom stereocenters. The number of carbonyl (C=O) groups excluding carboxylic acids is 1. The van der Waals surface area contributed by atoms with E-state index in [9.17, 15) is 4.79 Å².